The first kappa shape index (κ1) is 33.0. The van der Waals surface area contributed by atoms with E-state index in [1.165, 1.54) is 16.2 Å². The van der Waals surface area contributed by atoms with Gasteiger partial charge in [-0.2, -0.15) is 0 Å². The van der Waals surface area contributed by atoms with Crippen LogP contribution in [0.5, 0.6) is 11.5 Å². The van der Waals surface area contributed by atoms with E-state index < -0.39 is 17.8 Å². The molecule has 4 heterocycles. The Kier molecular flexibility index (Phi) is 8.72. The van der Waals surface area contributed by atoms with Crippen LogP contribution in [-0.4, -0.2) is 84.9 Å². The fourth-order valence-corrected chi connectivity index (χ4v) is 11.6. The third-order valence-corrected chi connectivity index (χ3v) is 13.3. The van der Waals surface area contributed by atoms with Gasteiger partial charge >= 0.3 is 10.8 Å². The molecule has 50 heavy (non-hydrogen) atoms. The van der Waals surface area contributed by atoms with Crippen LogP contribution in [0.25, 0.3) is 0 Å². The molecule has 12 nitrogen and oxygen atoms in total. The SMILES string of the molecule is CCOC(=O)c1ccc(N2C(=O)C3C4CC(C3C2=O)C2C4Sc3[nH]c(=O)sc3[C@@H]2c2ccc(OCC(=O)N3CCOCC3)c(OCC)c2)cc1. The van der Waals surface area contributed by atoms with E-state index in [2.05, 4.69) is 4.98 Å². The molecule has 8 rings (SSSR count). The minimum atomic E-state index is -0.473. The Balaban J connectivity index is 1.09. The van der Waals surface area contributed by atoms with Crippen molar-refractivity contribution >= 4 is 52.5 Å². The number of morpholine rings is 1. The summed E-state index contributed by atoms with van der Waals surface area (Å²) in [4.78, 5) is 72.8. The molecule has 1 N–H and O–H groups in total. The van der Waals surface area contributed by atoms with Crippen molar-refractivity contribution in [1.82, 2.24) is 9.88 Å². The van der Waals surface area contributed by atoms with Crippen LogP contribution in [-0.2, 0) is 23.9 Å². The van der Waals surface area contributed by atoms with E-state index in [1.807, 2.05) is 25.1 Å². The number of carbonyl (C=O) groups excluding carboxylic acids is 4. The number of thiazole rings is 1. The van der Waals surface area contributed by atoms with Crippen molar-refractivity contribution in [3.63, 3.8) is 0 Å². The zero-order valence-electron chi connectivity index (χ0n) is 27.6. The molecular weight excluding hydrogens is 683 g/mol. The van der Waals surface area contributed by atoms with Crippen molar-refractivity contribution in [3.8, 4) is 11.5 Å². The molecule has 2 saturated carbocycles. The zero-order valence-corrected chi connectivity index (χ0v) is 29.3. The Morgan fingerprint density at radius 1 is 0.920 bits per heavy atom. The number of nitrogens with one attached hydrogen (secondary N) is 1. The maximum absolute atomic E-state index is 14.2. The van der Waals surface area contributed by atoms with Gasteiger partial charge in [-0.3, -0.25) is 24.1 Å². The molecule has 2 aromatic carbocycles. The predicted octanol–water partition coefficient (Wildman–Crippen LogP) is 3.93. The molecule has 7 atom stereocenters. The maximum Gasteiger partial charge on any atom is 0.338 e. The zero-order chi connectivity index (χ0) is 34.7. The van der Waals surface area contributed by atoms with Gasteiger partial charge < -0.3 is 28.8 Å². The van der Waals surface area contributed by atoms with Crippen molar-refractivity contribution in [1.29, 1.82) is 0 Å². The number of esters is 1. The van der Waals surface area contributed by atoms with Crippen molar-refractivity contribution in [2.75, 3.05) is 51.0 Å². The quantitative estimate of drug-likeness (QED) is 0.255. The number of amides is 3. The number of ether oxygens (including phenoxy) is 4. The number of imide groups is 1. The summed E-state index contributed by atoms with van der Waals surface area (Å²) in [6, 6.07) is 12.1. The summed E-state index contributed by atoms with van der Waals surface area (Å²) in [7, 11) is 0. The van der Waals surface area contributed by atoms with Crippen LogP contribution < -0.4 is 19.2 Å². The van der Waals surface area contributed by atoms with Gasteiger partial charge in [0.25, 0.3) is 5.91 Å². The number of aromatic nitrogens is 1. The molecule has 2 bridgehead atoms. The predicted molar refractivity (Wildman–Crippen MR) is 184 cm³/mol. The summed E-state index contributed by atoms with van der Waals surface area (Å²) in [5.74, 6) is -1.29. The highest BCUT2D eigenvalue weighted by molar-refractivity contribution is 8.00. The van der Waals surface area contributed by atoms with E-state index in [9.17, 15) is 24.0 Å². The van der Waals surface area contributed by atoms with E-state index in [0.717, 1.165) is 21.9 Å². The van der Waals surface area contributed by atoms with Gasteiger partial charge in [0.1, 0.15) is 0 Å². The fourth-order valence-electron chi connectivity index (χ4n) is 8.75. The van der Waals surface area contributed by atoms with Gasteiger partial charge in [0, 0.05) is 29.1 Å². The molecule has 3 aromatic rings. The highest BCUT2D eigenvalue weighted by atomic mass is 32.2. The minimum absolute atomic E-state index is 0.00256. The number of hydrogen-bond donors (Lipinski definition) is 1. The van der Waals surface area contributed by atoms with Gasteiger partial charge in [0.2, 0.25) is 11.8 Å². The van der Waals surface area contributed by atoms with E-state index >= 15 is 0 Å². The fraction of sp³-hybridized carbons (Fsp3) is 0.472. The van der Waals surface area contributed by atoms with Gasteiger partial charge in [-0.25, -0.2) is 4.79 Å². The van der Waals surface area contributed by atoms with Gasteiger partial charge in [0.05, 0.1) is 54.5 Å². The van der Waals surface area contributed by atoms with Crippen LogP contribution in [0, 0.1) is 29.6 Å². The Labute approximate surface area is 296 Å². The lowest BCUT2D eigenvalue weighted by atomic mass is 9.68. The summed E-state index contributed by atoms with van der Waals surface area (Å²) in [6.45, 7) is 6.19. The Morgan fingerprint density at radius 2 is 1.66 bits per heavy atom. The topological polar surface area (TPSA) is 145 Å². The van der Waals surface area contributed by atoms with Crippen molar-refractivity contribution in [3.05, 3.63) is 68.1 Å². The Bertz CT molecular complexity index is 1900. The van der Waals surface area contributed by atoms with Crippen LogP contribution in [0.4, 0.5) is 5.69 Å². The molecular formula is C36H37N3O9S2. The average Bonchev–Trinajstić information content (AvgIpc) is 3.87. The van der Waals surface area contributed by atoms with Gasteiger partial charge in [-0.1, -0.05) is 17.4 Å². The number of hydrogen-bond acceptors (Lipinski definition) is 11. The second-order valence-electron chi connectivity index (χ2n) is 13.2. The second-order valence-corrected chi connectivity index (χ2v) is 15.4. The standard InChI is InChI=1S/C36H37N3O9S2/c1-3-46-24-15-19(7-10-23(24)48-17-25(40)38-11-13-45-14-12-38)26-27-21-16-22(30(27)49-32-31(26)50-36(44)37-32)29-28(21)33(41)39(34(29)42)20-8-5-18(6-9-20)35(43)47-4-2/h5-10,15,21-22,26-30H,3-4,11-14,16-17H2,1-2H3,(H,37,44)/t21?,22?,26-,27?,28?,29?,30?/m1/s1. The van der Waals surface area contributed by atoms with E-state index in [0.29, 0.717) is 55.7 Å². The molecule has 262 valence electrons. The first-order valence-electron chi connectivity index (χ1n) is 17.1. The molecule has 0 radical (unpaired) electrons. The van der Waals surface area contributed by atoms with Crippen molar-refractivity contribution in [2.24, 2.45) is 29.6 Å². The lowest BCUT2D eigenvalue weighted by Gasteiger charge is -2.43. The van der Waals surface area contributed by atoms with E-state index in [-0.39, 0.29) is 64.7 Å². The van der Waals surface area contributed by atoms with Crippen molar-refractivity contribution in [2.45, 2.75) is 36.5 Å². The maximum atomic E-state index is 14.2. The first-order valence-corrected chi connectivity index (χ1v) is 18.8. The third kappa shape index (κ3) is 5.43. The number of nitrogens with zero attached hydrogens (tertiary/aromatic N) is 2. The number of thioether (sulfide) groups is 1. The molecule has 3 aliphatic heterocycles. The van der Waals surface area contributed by atoms with E-state index in [1.54, 1.807) is 47.9 Å². The smallest absolute Gasteiger partial charge is 0.338 e. The summed E-state index contributed by atoms with van der Waals surface area (Å²) < 4.78 is 22.5. The Morgan fingerprint density at radius 3 is 2.38 bits per heavy atom. The molecule has 0 spiro atoms. The monoisotopic (exact) mass is 719 g/mol. The second kappa shape index (κ2) is 13.2. The molecule has 5 aliphatic rings. The van der Waals surface area contributed by atoms with Crippen LogP contribution in [0.1, 0.15) is 47.0 Å². The average molecular weight is 720 g/mol. The summed E-state index contributed by atoms with van der Waals surface area (Å²) in [5, 5.41) is 0.831. The lowest BCUT2D eigenvalue weighted by Crippen LogP contribution is -2.43. The third-order valence-electron chi connectivity index (χ3n) is 10.7. The van der Waals surface area contributed by atoms with Crippen LogP contribution in [0.2, 0.25) is 0 Å². The highest BCUT2D eigenvalue weighted by Gasteiger charge is 2.69. The van der Waals surface area contributed by atoms with E-state index in [4.69, 9.17) is 18.9 Å². The largest absolute Gasteiger partial charge is 0.490 e. The number of benzene rings is 2. The first-order chi connectivity index (χ1) is 24.3. The lowest BCUT2D eigenvalue weighted by molar-refractivity contribution is -0.137. The molecule has 2 aliphatic carbocycles. The number of fused-ring (bicyclic) bond motifs is 9. The number of anilines is 1. The summed E-state index contributed by atoms with van der Waals surface area (Å²) in [5.41, 5.74) is 1.73. The summed E-state index contributed by atoms with van der Waals surface area (Å²) in [6.07, 6.45) is 0.754. The molecule has 2 saturated heterocycles. The highest BCUT2D eigenvalue weighted by Crippen LogP contribution is 2.68. The normalized spacial score (nSPS) is 27.9. The van der Waals surface area contributed by atoms with Crippen molar-refractivity contribution < 1.29 is 38.1 Å². The summed E-state index contributed by atoms with van der Waals surface area (Å²) >= 11 is 2.82. The molecule has 14 heteroatoms. The van der Waals surface area contributed by atoms with Crippen LogP contribution in [0.15, 0.2) is 52.3 Å². The minimum Gasteiger partial charge on any atom is -0.490 e. The number of aromatic amines is 1. The molecule has 6 unspecified atom stereocenters. The van der Waals surface area contributed by atoms with Crippen LogP contribution in [0.3, 0.4) is 0 Å². The molecule has 4 fully saturated rings. The molecule has 1 aromatic heterocycles. The number of carbonyl (C=O) groups is 4. The molecule has 3 amide bonds. The number of H-pyrrole nitrogens is 1. The van der Waals surface area contributed by atoms with Crippen LogP contribution >= 0.6 is 23.1 Å². The van der Waals surface area contributed by atoms with Gasteiger partial charge in [0.15, 0.2) is 18.1 Å². The Hall–Kier alpha value is -4.14. The van der Waals surface area contributed by atoms with Gasteiger partial charge in [-0.05, 0) is 80.0 Å². The van der Waals surface area contributed by atoms with Gasteiger partial charge in [-0.15, -0.1) is 11.8 Å². The number of rotatable bonds is 9.